The van der Waals surface area contributed by atoms with Crippen LogP contribution < -0.4 is 5.32 Å². The summed E-state index contributed by atoms with van der Waals surface area (Å²) < 4.78 is 4.52. The van der Waals surface area contributed by atoms with Crippen LogP contribution in [0.4, 0.5) is 0 Å². The van der Waals surface area contributed by atoms with Crippen LogP contribution in [0.1, 0.15) is 12.0 Å². The van der Waals surface area contributed by atoms with E-state index in [4.69, 9.17) is 0 Å². The van der Waals surface area contributed by atoms with E-state index in [0.717, 1.165) is 13.1 Å². The average molecular weight is 219 g/mol. The highest BCUT2D eigenvalue weighted by Gasteiger charge is 1.93. The molecule has 0 heterocycles. The highest BCUT2D eigenvalue weighted by Crippen LogP contribution is 1.96. The minimum absolute atomic E-state index is 0.209. The van der Waals surface area contributed by atoms with Gasteiger partial charge in [-0.25, -0.2) is 0 Å². The highest BCUT2D eigenvalue weighted by molar-refractivity contribution is 5.70. The van der Waals surface area contributed by atoms with Crippen LogP contribution in [0, 0.1) is 0 Å². The molecule has 1 rings (SSSR count). The van der Waals surface area contributed by atoms with Crippen molar-refractivity contribution >= 4 is 5.97 Å². The van der Waals surface area contributed by atoms with Gasteiger partial charge in [-0.15, -0.1) is 0 Å². The van der Waals surface area contributed by atoms with Gasteiger partial charge in [0.1, 0.15) is 0 Å². The van der Waals surface area contributed by atoms with E-state index in [2.05, 4.69) is 22.2 Å². The fourth-order valence-corrected chi connectivity index (χ4v) is 1.24. The Morgan fingerprint density at radius 3 is 2.75 bits per heavy atom. The summed E-state index contributed by atoms with van der Waals surface area (Å²) in [5.74, 6) is -0.209. The van der Waals surface area contributed by atoms with E-state index < -0.39 is 0 Å². The molecule has 0 radical (unpaired) electrons. The van der Waals surface area contributed by atoms with Crippen molar-refractivity contribution in [3.05, 3.63) is 48.0 Å². The lowest BCUT2D eigenvalue weighted by atomic mass is 10.2. The van der Waals surface area contributed by atoms with Gasteiger partial charge < -0.3 is 10.1 Å². The fourth-order valence-electron chi connectivity index (χ4n) is 1.24. The Labute approximate surface area is 96.1 Å². The molecule has 0 saturated heterocycles. The third-order valence-electron chi connectivity index (χ3n) is 2.11. The van der Waals surface area contributed by atoms with Crippen molar-refractivity contribution in [3.63, 3.8) is 0 Å². The SMILES string of the molecule is COC(=O)CC=CCNCc1ccccc1. The number of nitrogens with one attached hydrogen (secondary N) is 1. The zero-order chi connectivity index (χ0) is 11.6. The molecule has 1 N–H and O–H groups in total. The topological polar surface area (TPSA) is 38.3 Å². The number of esters is 1. The quantitative estimate of drug-likeness (QED) is 0.451. The lowest BCUT2D eigenvalue weighted by Gasteiger charge is -2.00. The molecule has 16 heavy (non-hydrogen) atoms. The van der Waals surface area contributed by atoms with E-state index in [1.54, 1.807) is 0 Å². The molecule has 0 spiro atoms. The van der Waals surface area contributed by atoms with Crippen molar-refractivity contribution < 1.29 is 9.53 Å². The number of carbonyl (C=O) groups is 1. The van der Waals surface area contributed by atoms with Gasteiger partial charge in [0.2, 0.25) is 0 Å². The molecule has 0 aliphatic heterocycles. The number of carbonyl (C=O) groups excluding carboxylic acids is 1. The molecule has 0 unspecified atom stereocenters. The molecule has 0 bridgehead atoms. The Morgan fingerprint density at radius 2 is 2.06 bits per heavy atom. The van der Waals surface area contributed by atoms with Crippen molar-refractivity contribution in [1.82, 2.24) is 5.32 Å². The maximum Gasteiger partial charge on any atom is 0.309 e. The Morgan fingerprint density at radius 1 is 1.31 bits per heavy atom. The van der Waals surface area contributed by atoms with Gasteiger partial charge in [0.25, 0.3) is 0 Å². The molecule has 0 saturated carbocycles. The number of ether oxygens (including phenoxy) is 1. The van der Waals surface area contributed by atoms with Gasteiger partial charge in [0.15, 0.2) is 0 Å². The first-order valence-corrected chi connectivity index (χ1v) is 5.29. The van der Waals surface area contributed by atoms with E-state index in [-0.39, 0.29) is 5.97 Å². The predicted octanol–water partition coefficient (Wildman–Crippen LogP) is 1.90. The first-order valence-electron chi connectivity index (χ1n) is 5.29. The monoisotopic (exact) mass is 219 g/mol. The van der Waals surface area contributed by atoms with Gasteiger partial charge in [-0.1, -0.05) is 42.5 Å². The Kier molecular flexibility index (Phi) is 5.96. The van der Waals surface area contributed by atoms with E-state index >= 15 is 0 Å². The van der Waals surface area contributed by atoms with Crippen LogP contribution in [-0.2, 0) is 16.1 Å². The van der Waals surface area contributed by atoms with Crippen molar-refractivity contribution in [1.29, 1.82) is 0 Å². The summed E-state index contributed by atoms with van der Waals surface area (Å²) in [6.07, 6.45) is 4.08. The molecule has 0 amide bonds. The summed E-state index contributed by atoms with van der Waals surface area (Å²) in [5.41, 5.74) is 1.25. The molecule has 0 aromatic heterocycles. The lowest BCUT2D eigenvalue weighted by molar-refractivity contribution is -0.139. The largest absolute Gasteiger partial charge is 0.469 e. The van der Waals surface area contributed by atoms with Crippen LogP contribution in [0.5, 0.6) is 0 Å². The summed E-state index contributed by atoms with van der Waals surface area (Å²) in [6, 6.07) is 10.2. The Bertz CT molecular complexity index is 333. The zero-order valence-electron chi connectivity index (χ0n) is 9.48. The first kappa shape index (κ1) is 12.5. The van der Waals surface area contributed by atoms with Crippen LogP contribution >= 0.6 is 0 Å². The minimum atomic E-state index is -0.209. The van der Waals surface area contributed by atoms with E-state index in [1.165, 1.54) is 12.7 Å². The Balaban J connectivity index is 2.10. The second kappa shape index (κ2) is 7.65. The standard InChI is InChI=1S/C13H17NO2/c1-16-13(15)9-5-6-10-14-11-12-7-3-2-4-8-12/h2-8,14H,9-11H2,1H3. The molecule has 1 aromatic rings. The Hall–Kier alpha value is -1.61. The van der Waals surface area contributed by atoms with Crippen LogP contribution in [-0.4, -0.2) is 19.6 Å². The molecule has 0 aliphatic rings. The predicted molar refractivity (Wildman–Crippen MR) is 63.9 cm³/mol. The van der Waals surface area contributed by atoms with E-state index in [9.17, 15) is 4.79 Å². The molecule has 0 atom stereocenters. The third-order valence-corrected chi connectivity index (χ3v) is 2.11. The molecule has 3 heteroatoms. The highest BCUT2D eigenvalue weighted by atomic mass is 16.5. The molecule has 1 aromatic carbocycles. The van der Waals surface area contributed by atoms with Crippen molar-refractivity contribution in [2.24, 2.45) is 0 Å². The first-order chi connectivity index (χ1) is 7.83. The number of methoxy groups -OCH3 is 1. The van der Waals surface area contributed by atoms with E-state index in [1.807, 2.05) is 30.4 Å². The molecule has 86 valence electrons. The summed E-state index contributed by atoms with van der Waals surface area (Å²) in [6.45, 7) is 1.59. The third kappa shape index (κ3) is 5.32. The van der Waals surface area contributed by atoms with Gasteiger partial charge in [-0.05, 0) is 5.56 Å². The van der Waals surface area contributed by atoms with Crippen LogP contribution in [0.2, 0.25) is 0 Å². The normalized spacial score (nSPS) is 10.6. The maximum atomic E-state index is 10.8. The number of benzene rings is 1. The summed E-state index contributed by atoms with van der Waals surface area (Å²) in [5, 5.41) is 3.25. The van der Waals surface area contributed by atoms with E-state index in [0.29, 0.717) is 6.42 Å². The van der Waals surface area contributed by atoms with Gasteiger partial charge in [-0.2, -0.15) is 0 Å². The van der Waals surface area contributed by atoms with Crippen molar-refractivity contribution in [2.75, 3.05) is 13.7 Å². The molecule has 0 aliphatic carbocycles. The van der Waals surface area contributed by atoms with Crippen molar-refractivity contribution in [3.8, 4) is 0 Å². The average Bonchev–Trinajstić information content (AvgIpc) is 2.34. The second-order valence-corrected chi connectivity index (χ2v) is 3.37. The molecule has 0 fully saturated rings. The number of hydrogen-bond donors (Lipinski definition) is 1. The molecular formula is C13H17NO2. The number of rotatable bonds is 6. The van der Waals surface area contributed by atoms with Gasteiger partial charge in [-0.3, -0.25) is 4.79 Å². The van der Waals surface area contributed by atoms with Gasteiger partial charge in [0.05, 0.1) is 13.5 Å². The van der Waals surface area contributed by atoms with Gasteiger partial charge >= 0.3 is 5.97 Å². The summed E-state index contributed by atoms with van der Waals surface area (Å²) >= 11 is 0. The van der Waals surface area contributed by atoms with Crippen molar-refractivity contribution in [2.45, 2.75) is 13.0 Å². The summed E-state index contributed by atoms with van der Waals surface area (Å²) in [7, 11) is 1.39. The fraction of sp³-hybridized carbons (Fsp3) is 0.308. The molecular weight excluding hydrogens is 202 g/mol. The van der Waals surface area contributed by atoms with Gasteiger partial charge in [0, 0.05) is 13.1 Å². The molecule has 3 nitrogen and oxygen atoms in total. The zero-order valence-corrected chi connectivity index (χ0v) is 9.48. The van der Waals surface area contributed by atoms with Crippen LogP contribution in [0.3, 0.4) is 0 Å². The maximum absolute atomic E-state index is 10.8. The smallest absolute Gasteiger partial charge is 0.309 e. The second-order valence-electron chi connectivity index (χ2n) is 3.37. The summed E-state index contributed by atoms with van der Waals surface area (Å²) in [4.78, 5) is 10.8. The van der Waals surface area contributed by atoms with Crippen LogP contribution in [0.25, 0.3) is 0 Å². The number of hydrogen-bond acceptors (Lipinski definition) is 3. The minimum Gasteiger partial charge on any atom is -0.469 e. The van der Waals surface area contributed by atoms with Crippen LogP contribution in [0.15, 0.2) is 42.5 Å². The lowest BCUT2D eigenvalue weighted by Crippen LogP contribution is -2.12.